The molecule has 0 spiro atoms. The van der Waals surface area contributed by atoms with Crippen molar-refractivity contribution in [2.45, 2.75) is 0 Å². The van der Waals surface area contributed by atoms with Crippen LogP contribution in [0.25, 0.3) is 10.9 Å². The molecule has 7 nitrogen and oxygen atoms in total. The smallest absolute Gasteiger partial charge is 0.341 e. The van der Waals surface area contributed by atoms with Crippen molar-refractivity contribution in [3.63, 3.8) is 0 Å². The Hall–Kier alpha value is -2.28. The second-order valence-electron chi connectivity index (χ2n) is 4.13. The number of methoxy groups -OCH3 is 1. The predicted molar refractivity (Wildman–Crippen MR) is 71.2 cm³/mol. The number of aliphatic carboxylic acids is 1. The Kier molecular flexibility index (Phi) is 4.41. The summed E-state index contributed by atoms with van der Waals surface area (Å²) in [5, 5.41) is 13.6. The summed E-state index contributed by atoms with van der Waals surface area (Å²) in [5.41, 5.74) is 0.875. The average Bonchev–Trinajstić information content (AvgIpc) is 2.73. The fourth-order valence-electron chi connectivity index (χ4n) is 1.78. The van der Waals surface area contributed by atoms with Gasteiger partial charge >= 0.3 is 5.97 Å². The van der Waals surface area contributed by atoms with Gasteiger partial charge in [0.2, 0.25) is 5.88 Å². The van der Waals surface area contributed by atoms with Gasteiger partial charge < -0.3 is 19.3 Å². The number of carboxylic acids is 1. The van der Waals surface area contributed by atoms with Gasteiger partial charge in [0.1, 0.15) is 12.4 Å². The van der Waals surface area contributed by atoms with Gasteiger partial charge in [0.25, 0.3) is 0 Å². The Morgan fingerprint density at radius 1 is 1.35 bits per heavy atom. The van der Waals surface area contributed by atoms with E-state index < -0.39 is 5.97 Å². The summed E-state index contributed by atoms with van der Waals surface area (Å²) in [6.07, 6.45) is 0. The van der Waals surface area contributed by atoms with Gasteiger partial charge in [0.15, 0.2) is 6.61 Å². The van der Waals surface area contributed by atoms with Crippen LogP contribution in [0.4, 0.5) is 0 Å². The molecular formula is C13H16N2O5. The number of aromatic nitrogens is 2. The van der Waals surface area contributed by atoms with Crippen LogP contribution in [0.3, 0.4) is 0 Å². The Labute approximate surface area is 115 Å². The van der Waals surface area contributed by atoms with Crippen molar-refractivity contribution in [1.82, 2.24) is 9.78 Å². The molecular weight excluding hydrogens is 264 g/mol. The maximum Gasteiger partial charge on any atom is 0.341 e. The largest absolute Gasteiger partial charge is 0.482 e. The summed E-state index contributed by atoms with van der Waals surface area (Å²) < 4.78 is 17.3. The summed E-state index contributed by atoms with van der Waals surface area (Å²) >= 11 is 0. The first-order valence-corrected chi connectivity index (χ1v) is 6.05. The molecule has 0 radical (unpaired) electrons. The minimum atomic E-state index is -1.02. The highest BCUT2D eigenvalue weighted by molar-refractivity contribution is 5.86. The van der Waals surface area contributed by atoms with E-state index in [0.717, 1.165) is 10.9 Å². The molecule has 108 valence electrons. The Balaban J connectivity index is 2.23. The highest BCUT2D eigenvalue weighted by atomic mass is 16.5. The number of nitrogens with zero attached hydrogens (tertiary/aromatic N) is 2. The number of carbonyl (C=O) groups is 1. The molecule has 0 aliphatic carbocycles. The molecule has 2 aromatic rings. The summed E-state index contributed by atoms with van der Waals surface area (Å²) in [7, 11) is 3.40. The normalized spacial score (nSPS) is 10.7. The number of benzene rings is 1. The molecule has 0 bridgehead atoms. The Morgan fingerprint density at radius 2 is 2.15 bits per heavy atom. The Bertz CT molecular complexity index is 608. The van der Waals surface area contributed by atoms with E-state index in [9.17, 15) is 4.79 Å². The molecule has 7 heteroatoms. The third-order valence-electron chi connectivity index (χ3n) is 2.68. The molecule has 0 atom stereocenters. The van der Waals surface area contributed by atoms with Crippen LogP contribution < -0.4 is 9.47 Å². The van der Waals surface area contributed by atoms with Crippen LogP contribution in [0.1, 0.15) is 0 Å². The number of hydrogen-bond donors (Lipinski definition) is 1. The van der Waals surface area contributed by atoms with Crippen LogP contribution >= 0.6 is 0 Å². The molecule has 1 heterocycles. The molecule has 1 aromatic heterocycles. The lowest BCUT2D eigenvalue weighted by atomic mass is 10.2. The lowest BCUT2D eigenvalue weighted by molar-refractivity contribution is -0.139. The number of hydrogen-bond acceptors (Lipinski definition) is 5. The number of rotatable bonds is 7. The molecule has 0 amide bonds. The second kappa shape index (κ2) is 6.25. The minimum absolute atomic E-state index is 0.383. The zero-order chi connectivity index (χ0) is 14.5. The molecule has 2 rings (SSSR count). The molecule has 1 aromatic carbocycles. The van der Waals surface area contributed by atoms with Crippen LogP contribution in [0.15, 0.2) is 18.2 Å². The van der Waals surface area contributed by atoms with Crippen LogP contribution in [-0.4, -0.2) is 47.8 Å². The van der Waals surface area contributed by atoms with E-state index >= 15 is 0 Å². The van der Waals surface area contributed by atoms with E-state index in [-0.39, 0.29) is 6.61 Å². The quantitative estimate of drug-likeness (QED) is 0.764. The topological polar surface area (TPSA) is 82.8 Å². The molecule has 20 heavy (non-hydrogen) atoms. The van der Waals surface area contributed by atoms with Crippen molar-refractivity contribution < 1.29 is 24.1 Å². The number of fused-ring (bicyclic) bond motifs is 1. The highest BCUT2D eigenvalue weighted by Crippen LogP contribution is 2.28. The molecule has 0 saturated heterocycles. The van der Waals surface area contributed by atoms with Crippen molar-refractivity contribution in [1.29, 1.82) is 0 Å². The fraction of sp³-hybridized carbons (Fsp3) is 0.385. The zero-order valence-electron chi connectivity index (χ0n) is 11.3. The van der Waals surface area contributed by atoms with Crippen molar-refractivity contribution in [2.75, 3.05) is 26.9 Å². The van der Waals surface area contributed by atoms with Crippen molar-refractivity contribution in [3.8, 4) is 11.6 Å². The first kappa shape index (κ1) is 14.1. The third kappa shape index (κ3) is 3.18. The summed E-state index contributed by atoms with van der Waals surface area (Å²) in [5.74, 6) is -0.0855. The minimum Gasteiger partial charge on any atom is -0.482 e. The molecule has 1 N–H and O–H groups in total. The van der Waals surface area contributed by atoms with Crippen molar-refractivity contribution in [2.24, 2.45) is 7.05 Å². The van der Waals surface area contributed by atoms with Gasteiger partial charge in [0.05, 0.1) is 17.5 Å². The van der Waals surface area contributed by atoms with Crippen molar-refractivity contribution in [3.05, 3.63) is 18.2 Å². The molecule has 0 fully saturated rings. The number of ether oxygens (including phenoxy) is 3. The zero-order valence-corrected chi connectivity index (χ0v) is 11.3. The van der Waals surface area contributed by atoms with E-state index in [1.54, 1.807) is 23.9 Å². The first-order chi connectivity index (χ1) is 9.61. The SMILES string of the molecule is COCCOc1nn(C)c2ccc(OCC(=O)O)cc12. The highest BCUT2D eigenvalue weighted by Gasteiger charge is 2.11. The maximum atomic E-state index is 10.5. The lowest BCUT2D eigenvalue weighted by Gasteiger charge is -2.04. The van der Waals surface area contributed by atoms with Crippen LogP contribution in [0.2, 0.25) is 0 Å². The Morgan fingerprint density at radius 3 is 2.85 bits per heavy atom. The van der Waals surface area contributed by atoms with E-state index in [1.807, 2.05) is 13.1 Å². The van der Waals surface area contributed by atoms with Gasteiger partial charge in [-0.05, 0) is 18.2 Å². The van der Waals surface area contributed by atoms with Gasteiger partial charge in [-0.1, -0.05) is 0 Å². The fourth-order valence-corrected chi connectivity index (χ4v) is 1.78. The molecule has 0 saturated carbocycles. The standard InChI is InChI=1S/C13H16N2O5/c1-15-11-4-3-9(20-8-12(16)17)7-10(11)13(14-15)19-6-5-18-2/h3-4,7H,5-6,8H2,1-2H3,(H,16,17). The first-order valence-electron chi connectivity index (χ1n) is 6.05. The number of aryl methyl sites for hydroxylation is 1. The third-order valence-corrected chi connectivity index (χ3v) is 2.68. The van der Waals surface area contributed by atoms with Crippen LogP contribution in [0, 0.1) is 0 Å². The lowest BCUT2D eigenvalue weighted by Crippen LogP contribution is -2.09. The molecule has 0 unspecified atom stereocenters. The van der Waals surface area contributed by atoms with E-state index in [1.165, 1.54) is 0 Å². The summed E-state index contributed by atoms with van der Waals surface area (Å²) in [6, 6.07) is 5.22. The second-order valence-corrected chi connectivity index (χ2v) is 4.13. The van der Waals surface area contributed by atoms with Crippen LogP contribution in [0.5, 0.6) is 11.6 Å². The van der Waals surface area contributed by atoms with Crippen molar-refractivity contribution >= 4 is 16.9 Å². The van der Waals surface area contributed by atoms with E-state index in [0.29, 0.717) is 24.8 Å². The maximum absolute atomic E-state index is 10.5. The molecule has 0 aliphatic rings. The van der Waals surface area contributed by atoms with E-state index in [4.69, 9.17) is 19.3 Å². The van der Waals surface area contributed by atoms with E-state index in [2.05, 4.69) is 5.10 Å². The van der Waals surface area contributed by atoms with Gasteiger partial charge in [-0.2, -0.15) is 0 Å². The molecule has 0 aliphatic heterocycles. The predicted octanol–water partition coefficient (Wildman–Crippen LogP) is 1.06. The number of carboxylic acid groups (broad SMARTS) is 1. The van der Waals surface area contributed by atoms with Gasteiger partial charge in [0, 0.05) is 14.2 Å². The van der Waals surface area contributed by atoms with Gasteiger partial charge in [-0.15, -0.1) is 5.10 Å². The van der Waals surface area contributed by atoms with Gasteiger partial charge in [-0.3, -0.25) is 4.68 Å². The monoisotopic (exact) mass is 280 g/mol. The van der Waals surface area contributed by atoms with Gasteiger partial charge in [-0.25, -0.2) is 4.79 Å². The summed E-state index contributed by atoms with van der Waals surface area (Å²) in [6.45, 7) is 0.474. The summed E-state index contributed by atoms with van der Waals surface area (Å²) in [4.78, 5) is 10.5. The van der Waals surface area contributed by atoms with Crippen LogP contribution in [-0.2, 0) is 16.6 Å². The average molecular weight is 280 g/mol.